The van der Waals surface area contributed by atoms with E-state index in [9.17, 15) is 9.18 Å². The fourth-order valence-electron chi connectivity index (χ4n) is 1.22. The Morgan fingerprint density at radius 1 is 1.50 bits per heavy atom. The smallest absolute Gasteiger partial charge is 0.301 e. The maximum atomic E-state index is 13.7. The van der Waals surface area contributed by atoms with Gasteiger partial charge in [-0.3, -0.25) is 10.1 Å². The summed E-state index contributed by atoms with van der Waals surface area (Å²) < 4.78 is 18.9. The number of hydrogen-bond donors (Lipinski definition) is 1. The van der Waals surface area contributed by atoms with Crippen molar-refractivity contribution in [3.63, 3.8) is 0 Å². The first kappa shape index (κ1) is 13.0. The molecule has 0 saturated carbocycles. The highest BCUT2D eigenvalue weighted by atomic mass is 79.9. The molecule has 0 saturated heterocycles. The van der Waals surface area contributed by atoms with E-state index in [1.54, 1.807) is 6.92 Å². The number of nitrogens with zero attached hydrogens (tertiary/aromatic N) is 2. The largest absolute Gasteiger partial charge is 0.429 e. The SMILES string of the molecule is Cc1cnc(NC(=O)c2c(Br)cnc(Cl)c2F)o1. The molecule has 2 aromatic heterocycles. The average molecular weight is 335 g/mol. The van der Waals surface area contributed by atoms with Crippen LogP contribution in [0.3, 0.4) is 0 Å². The number of halogens is 3. The number of carbonyl (C=O) groups excluding carboxylic acids is 1. The molecule has 0 aliphatic rings. The van der Waals surface area contributed by atoms with E-state index in [-0.39, 0.29) is 21.2 Å². The monoisotopic (exact) mass is 333 g/mol. The van der Waals surface area contributed by atoms with Crippen LogP contribution in [0.2, 0.25) is 5.15 Å². The zero-order chi connectivity index (χ0) is 13.3. The fraction of sp³-hybridized carbons (Fsp3) is 0.100. The van der Waals surface area contributed by atoms with Gasteiger partial charge in [0.15, 0.2) is 11.0 Å². The Kier molecular flexibility index (Phi) is 3.63. The van der Waals surface area contributed by atoms with E-state index < -0.39 is 11.7 Å². The number of carbonyl (C=O) groups is 1. The van der Waals surface area contributed by atoms with Gasteiger partial charge in [0, 0.05) is 6.20 Å². The van der Waals surface area contributed by atoms with Crippen LogP contribution in [-0.4, -0.2) is 15.9 Å². The van der Waals surface area contributed by atoms with Crippen LogP contribution in [0.1, 0.15) is 16.1 Å². The average Bonchev–Trinajstić information content (AvgIpc) is 2.70. The summed E-state index contributed by atoms with van der Waals surface area (Å²) >= 11 is 8.54. The van der Waals surface area contributed by atoms with Crippen molar-refractivity contribution in [3.8, 4) is 0 Å². The standard InChI is InChI=1S/C10H6BrClFN3O2/c1-4-2-15-10(18-4)16-9(17)6-5(11)3-14-8(12)7(6)13/h2-3H,1H3,(H,15,16,17). The van der Waals surface area contributed by atoms with Crippen LogP contribution in [0.25, 0.3) is 0 Å². The van der Waals surface area contributed by atoms with E-state index >= 15 is 0 Å². The van der Waals surface area contributed by atoms with Gasteiger partial charge >= 0.3 is 6.01 Å². The molecule has 2 rings (SSSR count). The Morgan fingerprint density at radius 3 is 2.83 bits per heavy atom. The van der Waals surface area contributed by atoms with Gasteiger partial charge < -0.3 is 4.42 Å². The van der Waals surface area contributed by atoms with Crippen LogP contribution in [0, 0.1) is 12.7 Å². The van der Waals surface area contributed by atoms with Crippen LogP contribution in [0.4, 0.5) is 10.4 Å². The fourth-order valence-corrected chi connectivity index (χ4v) is 1.82. The van der Waals surface area contributed by atoms with E-state index in [1.807, 2.05) is 0 Å². The number of nitrogens with one attached hydrogen (secondary N) is 1. The lowest BCUT2D eigenvalue weighted by Gasteiger charge is -2.05. The predicted octanol–water partition coefficient (Wildman–Crippen LogP) is 3.19. The second-order valence-electron chi connectivity index (χ2n) is 3.32. The molecule has 5 nitrogen and oxygen atoms in total. The maximum Gasteiger partial charge on any atom is 0.301 e. The van der Waals surface area contributed by atoms with E-state index in [0.717, 1.165) is 0 Å². The molecule has 0 aliphatic heterocycles. The van der Waals surface area contributed by atoms with Crippen molar-refractivity contribution in [2.75, 3.05) is 5.32 Å². The first-order valence-corrected chi connectivity index (χ1v) is 5.89. The van der Waals surface area contributed by atoms with Crippen molar-refractivity contribution in [3.05, 3.63) is 39.2 Å². The van der Waals surface area contributed by atoms with Gasteiger partial charge in [-0.25, -0.2) is 14.4 Å². The molecule has 94 valence electrons. The third kappa shape index (κ3) is 2.51. The number of aromatic nitrogens is 2. The van der Waals surface area contributed by atoms with Crippen molar-refractivity contribution in [1.29, 1.82) is 0 Å². The lowest BCUT2D eigenvalue weighted by Crippen LogP contribution is -2.15. The normalized spacial score (nSPS) is 10.4. The quantitative estimate of drug-likeness (QED) is 0.857. The first-order chi connectivity index (χ1) is 8.49. The summed E-state index contributed by atoms with van der Waals surface area (Å²) in [5.41, 5.74) is -0.258. The minimum atomic E-state index is -0.910. The number of anilines is 1. The van der Waals surface area contributed by atoms with Crippen LogP contribution in [0.5, 0.6) is 0 Å². The summed E-state index contributed by atoms with van der Waals surface area (Å²) in [4.78, 5) is 19.2. The van der Waals surface area contributed by atoms with Crippen molar-refractivity contribution in [2.24, 2.45) is 0 Å². The molecule has 0 aliphatic carbocycles. The molecule has 1 N–H and O–H groups in total. The molecular formula is C10H6BrClFN3O2. The molecule has 0 atom stereocenters. The maximum absolute atomic E-state index is 13.7. The molecule has 0 fully saturated rings. The van der Waals surface area contributed by atoms with Crippen molar-refractivity contribution in [2.45, 2.75) is 6.92 Å². The Balaban J connectivity index is 2.32. The third-order valence-electron chi connectivity index (χ3n) is 2.00. The highest BCUT2D eigenvalue weighted by molar-refractivity contribution is 9.10. The molecule has 0 bridgehead atoms. The summed E-state index contributed by atoms with van der Waals surface area (Å²) in [6, 6.07) is -0.0169. The summed E-state index contributed by atoms with van der Waals surface area (Å²) in [6.07, 6.45) is 2.67. The lowest BCUT2D eigenvalue weighted by atomic mass is 10.2. The molecule has 1 amide bonds. The molecule has 0 radical (unpaired) electrons. The van der Waals surface area contributed by atoms with E-state index in [4.69, 9.17) is 16.0 Å². The second-order valence-corrected chi connectivity index (χ2v) is 4.53. The Labute approximate surface area is 114 Å². The summed E-state index contributed by atoms with van der Waals surface area (Å²) in [6.45, 7) is 1.67. The zero-order valence-electron chi connectivity index (χ0n) is 9.00. The van der Waals surface area contributed by atoms with Crippen LogP contribution >= 0.6 is 27.5 Å². The van der Waals surface area contributed by atoms with Gasteiger partial charge in [0.05, 0.1) is 16.2 Å². The predicted molar refractivity (Wildman–Crippen MR) is 66.1 cm³/mol. The van der Waals surface area contributed by atoms with Crippen LogP contribution in [-0.2, 0) is 0 Å². The molecule has 0 unspecified atom stereocenters. The second kappa shape index (κ2) is 5.03. The van der Waals surface area contributed by atoms with E-state index in [0.29, 0.717) is 5.76 Å². The van der Waals surface area contributed by atoms with Gasteiger partial charge in [-0.2, -0.15) is 0 Å². The molecule has 2 aromatic rings. The van der Waals surface area contributed by atoms with Gasteiger partial charge in [-0.15, -0.1) is 0 Å². The summed E-state index contributed by atoms with van der Waals surface area (Å²) in [5.74, 6) is -1.12. The van der Waals surface area contributed by atoms with Gasteiger partial charge in [0.2, 0.25) is 0 Å². The number of rotatable bonds is 2. The van der Waals surface area contributed by atoms with E-state index in [2.05, 4.69) is 31.2 Å². The van der Waals surface area contributed by atoms with Gasteiger partial charge in [-0.05, 0) is 22.9 Å². The first-order valence-electron chi connectivity index (χ1n) is 4.72. The highest BCUT2D eigenvalue weighted by Crippen LogP contribution is 2.24. The molecule has 0 aromatic carbocycles. The van der Waals surface area contributed by atoms with Crippen molar-refractivity contribution >= 4 is 39.5 Å². The van der Waals surface area contributed by atoms with Gasteiger partial charge in [0.25, 0.3) is 5.91 Å². The third-order valence-corrected chi connectivity index (χ3v) is 2.86. The summed E-state index contributed by atoms with van der Waals surface area (Å²) in [5, 5.41) is 1.93. The number of hydrogen-bond acceptors (Lipinski definition) is 4. The number of oxazole rings is 1. The Morgan fingerprint density at radius 2 is 2.22 bits per heavy atom. The molecule has 0 spiro atoms. The highest BCUT2D eigenvalue weighted by Gasteiger charge is 2.20. The molecule has 18 heavy (non-hydrogen) atoms. The Hall–Kier alpha value is -1.47. The van der Waals surface area contributed by atoms with Gasteiger partial charge in [0.1, 0.15) is 5.76 Å². The van der Waals surface area contributed by atoms with Crippen molar-refractivity contribution < 1.29 is 13.6 Å². The molecular weight excluding hydrogens is 328 g/mol. The Bertz CT molecular complexity index is 617. The minimum absolute atomic E-state index is 0.0169. The number of pyridine rings is 1. The van der Waals surface area contributed by atoms with Crippen LogP contribution in [0.15, 0.2) is 21.3 Å². The molecule has 8 heteroatoms. The zero-order valence-corrected chi connectivity index (χ0v) is 11.3. The summed E-state index contributed by atoms with van der Waals surface area (Å²) in [7, 11) is 0. The van der Waals surface area contributed by atoms with Crippen LogP contribution < -0.4 is 5.32 Å². The molecule has 2 heterocycles. The minimum Gasteiger partial charge on any atom is -0.429 e. The topological polar surface area (TPSA) is 68.0 Å². The lowest BCUT2D eigenvalue weighted by molar-refractivity contribution is 0.101. The van der Waals surface area contributed by atoms with Gasteiger partial charge in [-0.1, -0.05) is 11.6 Å². The number of amides is 1. The number of aryl methyl sites for hydroxylation is 1. The van der Waals surface area contributed by atoms with Crippen molar-refractivity contribution in [1.82, 2.24) is 9.97 Å². The van der Waals surface area contributed by atoms with E-state index in [1.165, 1.54) is 12.4 Å².